The molecule has 0 radical (unpaired) electrons. The lowest BCUT2D eigenvalue weighted by Gasteiger charge is -2.38. The van der Waals surface area contributed by atoms with Crippen LogP contribution < -0.4 is 15.8 Å². The number of nitrogens with zero attached hydrogens (tertiary/aromatic N) is 2. The largest absolute Gasteiger partial charge is 0.377 e. The van der Waals surface area contributed by atoms with E-state index in [1.807, 2.05) is 60.7 Å². The van der Waals surface area contributed by atoms with Gasteiger partial charge in [0.25, 0.3) is 0 Å². The molecular formula is C30H35N5O4S. The van der Waals surface area contributed by atoms with Gasteiger partial charge in [0.2, 0.25) is 15.9 Å². The lowest BCUT2D eigenvalue weighted by molar-refractivity contribution is -0.117. The van der Waals surface area contributed by atoms with E-state index in [1.54, 1.807) is 0 Å². The van der Waals surface area contributed by atoms with Crippen LogP contribution >= 0.6 is 0 Å². The summed E-state index contributed by atoms with van der Waals surface area (Å²) in [5.74, 6) is 0.513. The van der Waals surface area contributed by atoms with E-state index < -0.39 is 15.6 Å². The topological polar surface area (TPSA) is 136 Å². The highest BCUT2D eigenvalue weighted by Gasteiger charge is 2.38. The SMILES string of the molecule is NC1(c2ccc(-c3nnc(NC(=O)C[C@H]4CC[C@H](NS(=O)(=O)C5CC5)CC4)cc3-c3ccccc3)cc2)COC1. The minimum atomic E-state index is -3.18. The number of nitrogens with two attached hydrogens (primary N) is 1. The van der Waals surface area contributed by atoms with Gasteiger partial charge < -0.3 is 15.8 Å². The molecule has 1 aliphatic heterocycles. The third-order valence-corrected chi connectivity index (χ3v) is 10.2. The summed E-state index contributed by atoms with van der Waals surface area (Å²) in [6, 6.07) is 19.8. The Balaban J connectivity index is 1.12. The van der Waals surface area contributed by atoms with Gasteiger partial charge in [-0.1, -0.05) is 54.6 Å². The van der Waals surface area contributed by atoms with Crippen molar-refractivity contribution in [1.29, 1.82) is 0 Å². The van der Waals surface area contributed by atoms with E-state index in [1.165, 1.54) is 0 Å². The van der Waals surface area contributed by atoms with Crippen LogP contribution in [0.3, 0.4) is 0 Å². The van der Waals surface area contributed by atoms with Gasteiger partial charge in [0.15, 0.2) is 5.82 Å². The molecule has 40 heavy (non-hydrogen) atoms. The molecule has 1 saturated heterocycles. The number of ether oxygens (including phenoxy) is 1. The Kier molecular flexibility index (Phi) is 7.43. The maximum atomic E-state index is 12.9. The maximum absolute atomic E-state index is 12.9. The van der Waals surface area contributed by atoms with Crippen LogP contribution in [-0.4, -0.2) is 49.0 Å². The minimum Gasteiger partial charge on any atom is -0.377 e. The van der Waals surface area contributed by atoms with Crippen molar-refractivity contribution in [2.45, 2.75) is 61.8 Å². The number of rotatable bonds is 9. The Morgan fingerprint density at radius 1 is 0.925 bits per heavy atom. The van der Waals surface area contributed by atoms with Crippen LogP contribution in [0.4, 0.5) is 5.82 Å². The molecule has 10 heteroatoms. The number of sulfonamides is 1. The molecule has 2 aromatic carbocycles. The molecular weight excluding hydrogens is 526 g/mol. The number of benzene rings is 2. The third-order valence-electron chi connectivity index (χ3n) is 8.21. The highest BCUT2D eigenvalue weighted by atomic mass is 32.2. The molecule has 9 nitrogen and oxygen atoms in total. The van der Waals surface area contributed by atoms with Crippen molar-refractivity contribution in [3.8, 4) is 22.4 Å². The molecule has 6 rings (SSSR count). The highest BCUT2D eigenvalue weighted by Crippen LogP contribution is 2.35. The highest BCUT2D eigenvalue weighted by molar-refractivity contribution is 7.90. The summed E-state index contributed by atoms with van der Waals surface area (Å²) in [6.07, 6.45) is 5.05. The molecule has 2 heterocycles. The molecule has 1 aromatic heterocycles. The second kappa shape index (κ2) is 11.0. The normalized spacial score (nSPS) is 22.3. The van der Waals surface area contributed by atoms with Crippen LogP contribution in [-0.2, 0) is 25.1 Å². The van der Waals surface area contributed by atoms with Gasteiger partial charge in [-0.2, -0.15) is 0 Å². The Hall–Kier alpha value is -3.18. The second-order valence-corrected chi connectivity index (χ2v) is 13.4. The second-order valence-electron chi connectivity index (χ2n) is 11.4. The molecule has 210 valence electrons. The Bertz CT molecular complexity index is 1460. The zero-order valence-electron chi connectivity index (χ0n) is 22.4. The van der Waals surface area contributed by atoms with Crippen molar-refractivity contribution in [2.24, 2.45) is 11.7 Å². The van der Waals surface area contributed by atoms with Crippen molar-refractivity contribution in [2.75, 3.05) is 18.5 Å². The molecule has 3 aromatic rings. The Morgan fingerprint density at radius 2 is 1.62 bits per heavy atom. The Labute approximate surface area is 235 Å². The van der Waals surface area contributed by atoms with Gasteiger partial charge in [0.1, 0.15) is 5.69 Å². The average molecular weight is 562 g/mol. The average Bonchev–Trinajstić information content (AvgIpc) is 3.80. The molecule has 3 aliphatic rings. The molecule has 0 atom stereocenters. The third kappa shape index (κ3) is 5.95. The van der Waals surface area contributed by atoms with Crippen LogP contribution in [0.15, 0.2) is 60.7 Å². The molecule has 0 spiro atoms. The van der Waals surface area contributed by atoms with Gasteiger partial charge in [0, 0.05) is 23.6 Å². The number of nitrogens with one attached hydrogen (secondary N) is 2. The molecule has 4 N–H and O–H groups in total. The van der Waals surface area contributed by atoms with Crippen molar-refractivity contribution in [1.82, 2.24) is 14.9 Å². The molecule has 0 unspecified atom stereocenters. The summed E-state index contributed by atoms with van der Waals surface area (Å²) >= 11 is 0. The van der Waals surface area contributed by atoms with Crippen molar-refractivity contribution < 1.29 is 17.9 Å². The first-order chi connectivity index (χ1) is 19.3. The maximum Gasteiger partial charge on any atom is 0.225 e. The summed E-state index contributed by atoms with van der Waals surface area (Å²) in [5.41, 5.74) is 10.4. The van der Waals surface area contributed by atoms with Crippen molar-refractivity contribution in [3.05, 3.63) is 66.2 Å². The monoisotopic (exact) mass is 561 g/mol. The first-order valence-corrected chi connectivity index (χ1v) is 15.6. The van der Waals surface area contributed by atoms with E-state index in [9.17, 15) is 13.2 Å². The van der Waals surface area contributed by atoms with Crippen LogP contribution in [0, 0.1) is 5.92 Å². The summed E-state index contributed by atoms with van der Waals surface area (Å²) in [7, 11) is -3.18. The number of amides is 1. The first-order valence-electron chi connectivity index (χ1n) is 14.0. The van der Waals surface area contributed by atoms with E-state index >= 15 is 0 Å². The molecule has 1 amide bonds. The lowest BCUT2D eigenvalue weighted by Crippen LogP contribution is -2.54. The van der Waals surface area contributed by atoms with Crippen LogP contribution in [0.5, 0.6) is 0 Å². The summed E-state index contributed by atoms with van der Waals surface area (Å²) in [5, 5.41) is 11.6. The number of aromatic nitrogens is 2. The smallest absolute Gasteiger partial charge is 0.225 e. The van der Waals surface area contributed by atoms with E-state index in [0.29, 0.717) is 25.5 Å². The van der Waals surface area contributed by atoms with E-state index in [4.69, 9.17) is 10.5 Å². The number of anilines is 1. The van der Waals surface area contributed by atoms with Gasteiger partial charge in [-0.3, -0.25) is 4.79 Å². The lowest BCUT2D eigenvalue weighted by atomic mass is 9.84. The molecule has 3 fully saturated rings. The zero-order chi connectivity index (χ0) is 27.7. The number of hydrogen-bond donors (Lipinski definition) is 3. The molecule has 2 saturated carbocycles. The van der Waals surface area contributed by atoms with Gasteiger partial charge in [0.05, 0.1) is 24.0 Å². The zero-order valence-corrected chi connectivity index (χ0v) is 23.2. The predicted octanol–water partition coefficient (Wildman–Crippen LogP) is 3.96. The number of hydrogen-bond acceptors (Lipinski definition) is 7. The van der Waals surface area contributed by atoms with E-state index in [2.05, 4.69) is 20.2 Å². The number of carbonyl (C=O) groups is 1. The standard InChI is InChI=1S/C30H35N5O4S/c31-30(18-39-19-30)23-10-8-22(9-11-23)29-26(21-4-2-1-3-5-21)17-27(33-34-29)32-28(36)16-20-6-12-24(13-7-20)35-40(37,38)25-14-15-25/h1-5,8-11,17,20,24-25,35H,6-7,12-16,18-19,31H2,(H,32,33,36)/t20-,24-. The summed E-state index contributed by atoms with van der Waals surface area (Å²) < 4.78 is 32.7. The van der Waals surface area contributed by atoms with Crippen molar-refractivity contribution >= 4 is 21.7 Å². The van der Waals surface area contributed by atoms with Crippen LogP contribution in [0.2, 0.25) is 0 Å². The fourth-order valence-electron chi connectivity index (χ4n) is 5.60. The van der Waals surface area contributed by atoms with Gasteiger partial charge in [-0.05, 0) is 61.6 Å². The van der Waals surface area contributed by atoms with Gasteiger partial charge in [-0.25, -0.2) is 13.1 Å². The molecule has 2 aliphatic carbocycles. The molecule has 0 bridgehead atoms. The first kappa shape index (κ1) is 27.0. The van der Waals surface area contributed by atoms with Crippen LogP contribution in [0.25, 0.3) is 22.4 Å². The van der Waals surface area contributed by atoms with E-state index in [-0.39, 0.29) is 23.1 Å². The quantitative estimate of drug-likeness (QED) is 0.360. The summed E-state index contributed by atoms with van der Waals surface area (Å²) in [4.78, 5) is 12.9. The minimum absolute atomic E-state index is 0.0248. The summed E-state index contributed by atoms with van der Waals surface area (Å²) in [6.45, 7) is 1.02. The number of carbonyl (C=O) groups excluding carboxylic acids is 1. The predicted molar refractivity (Wildman–Crippen MR) is 154 cm³/mol. The van der Waals surface area contributed by atoms with Gasteiger partial charge >= 0.3 is 0 Å². The Morgan fingerprint density at radius 3 is 2.25 bits per heavy atom. The van der Waals surface area contributed by atoms with Crippen molar-refractivity contribution in [3.63, 3.8) is 0 Å². The fourth-order valence-corrected chi connectivity index (χ4v) is 7.25. The van der Waals surface area contributed by atoms with Crippen LogP contribution in [0.1, 0.15) is 50.5 Å². The van der Waals surface area contributed by atoms with Gasteiger partial charge in [-0.15, -0.1) is 10.2 Å². The fraction of sp³-hybridized carbons (Fsp3) is 0.433. The van der Waals surface area contributed by atoms with E-state index in [0.717, 1.165) is 66.5 Å².